The summed E-state index contributed by atoms with van der Waals surface area (Å²) in [7, 11) is -10.3. The molecule has 3 unspecified atom stereocenters. The maximum atomic E-state index is 14.2. The molecule has 0 saturated carbocycles. The third kappa shape index (κ3) is 16.7. The molecular weight excluding hydrogens is 901 g/mol. The zero-order valence-electron chi connectivity index (χ0n) is 42.4. The van der Waals surface area contributed by atoms with Crippen LogP contribution in [-0.4, -0.2) is 121 Å². The van der Waals surface area contributed by atoms with Crippen LogP contribution in [0.5, 0.6) is 0 Å². The molecule has 3 heterocycles. The fraction of sp³-hybridized carbons (Fsp3) is 0.796. The van der Waals surface area contributed by atoms with Gasteiger partial charge in [0.1, 0.15) is 0 Å². The van der Waals surface area contributed by atoms with E-state index < -0.39 is 66.9 Å². The first kappa shape index (κ1) is 56.3. The van der Waals surface area contributed by atoms with Crippen LogP contribution in [-0.2, 0) is 56.7 Å². The number of hydrogen-bond acceptors (Lipinski definition) is 12. The van der Waals surface area contributed by atoms with Crippen molar-refractivity contribution in [1.29, 1.82) is 0 Å². The molecule has 374 valence electrons. The Balaban J connectivity index is 1.51. The molecule has 4 rings (SSSR count). The number of aryl methyl sites for hydroxylation is 1. The molecule has 0 spiro atoms. The number of ether oxygens (including phenoxy) is 5. The van der Waals surface area contributed by atoms with Crippen molar-refractivity contribution in [3.8, 4) is 0 Å². The maximum Gasteiger partial charge on any atom is 0.264 e. The minimum Gasteiger partial charge on any atom is -0.414 e. The van der Waals surface area contributed by atoms with Crippen LogP contribution in [0, 0.1) is 18.8 Å². The Morgan fingerprint density at radius 1 is 0.862 bits per heavy atom. The number of benzene rings is 1. The summed E-state index contributed by atoms with van der Waals surface area (Å²) in [4.78, 5) is 0.271. The summed E-state index contributed by atoms with van der Waals surface area (Å²) < 4.78 is 104. The largest absolute Gasteiger partial charge is 0.414 e. The second-order valence-electron chi connectivity index (χ2n) is 22.2. The lowest BCUT2D eigenvalue weighted by Crippen LogP contribution is -2.49. The number of sulfone groups is 1. The Morgan fingerprint density at radius 3 is 2.05 bits per heavy atom. The van der Waals surface area contributed by atoms with Gasteiger partial charge in [0.05, 0.1) is 79.5 Å². The summed E-state index contributed by atoms with van der Waals surface area (Å²) in [6.45, 7) is 36.7. The molecule has 65 heavy (non-hydrogen) atoms. The molecule has 0 aliphatic carbocycles. The van der Waals surface area contributed by atoms with Gasteiger partial charge in [-0.05, 0) is 112 Å². The van der Waals surface area contributed by atoms with Gasteiger partial charge in [0, 0.05) is 25.9 Å². The first-order chi connectivity index (χ1) is 29.9. The van der Waals surface area contributed by atoms with E-state index in [1.807, 2.05) is 26.0 Å². The molecule has 0 aromatic heterocycles. The summed E-state index contributed by atoms with van der Waals surface area (Å²) in [6.07, 6.45) is 3.74. The number of rotatable bonds is 25. The highest BCUT2D eigenvalue weighted by atomic mass is 32.2. The van der Waals surface area contributed by atoms with Crippen molar-refractivity contribution in [3.63, 3.8) is 0 Å². The van der Waals surface area contributed by atoms with Crippen molar-refractivity contribution in [1.82, 2.24) is 0 Å². The highest BCUT2D eigenvalue weighted by molar-refractivity contribution is 7.91. The quantitative estimate of drug-likeness (QED) is 0.0523. The average Bonchev–Trinajstić information content (AvgIpc) is 3.91. The van der Waals surface area contributed by atoms with Crippen molar-refractivity contribution in [2.75, 3.05) is 38.9 Å². The van der Waals surface area contributed by atoms with E-state index in [0.29, 0.717) is 58.3 Å². The molecule has 3 saturated heterocycles. The summed E-state index contributed by atoms with van der Waals surface area (Å²) in [5, 5.41) is -0.0357. The zero-order chi connectivity index (χ0) is 48.8. The Hall–Kier alpha value is -1.29. The van der Waals surface area contributed by atoms with Crippen LogP contribution in [0.4, 0.5) is 0 Å². The Labute approximate surface area is 396 Å². The number of hydrogen-bond donors (Lipinski definition) is 0. The zero-order valence-corrected chi connectivity index (χ0v) is 46.0. The van der Waals surface area contributed by atoms with E-state index in [-0.39, 0.29) is 51.2 Å². The first-order valence-electron chi connectivity index (χ1n) is 23.8. The second kappa shape index (κ2) is 23.1. The SMILES string of the molecule is C=C(CC[C@@H]1O[C@H](CC(CO[Si](C)(C)C(C)(C)C)O[Si](C)(C)C(C)(C)C)C(OC)[C@H]1CS(=O)(=O)c1ccc(C)cc1)C(C)C[C@@H](CC[C@@H]1O[C@@H](CCC2OCCO2)CC1=C)OS(C)(=O)=O. The van der Waals surface area contributed by atoms with Gasteiger partial charge in [0.2, 0.25) is 0 Å². The molecular formula is C49H86O12S2Si2. The van der Waals surface area contributed by atoms with Crippen LogP contribution in [0.25, 0.3) is 0 Å². The number of methoxy groups -OCH3 is 1. The predicted octanol–water partition coefficient (Wildman–Crippen LogP) is 10.3. The fourth-order valence-corrected chi connectivity index (χ4v) is 13.3. The molecule has 1 aromatic rings. The van der Waals surface area contributed by atoms with Gasteiger partial charge < -0.3 is 32.5 Å². The van der Waals surface area contributed by atoms with Crippen molar-refractivity contribution >= 4 is 36.6 Å². The lowest BCUT2D eigenvalue weighted by atomic mass is 9.88. The Bertz CT molecular complexity index is 1920. The third-order valence-corrected chi connectivity index (χ3v) is 26.2. The van der Waals surface area contributed by atoms with Gasteiger partial charge in [0.25, 0.3) is 10.1 Å². The van der Waals surface area contributed by atoms with Crippen LogP contribution in [0.1, 0.15) is 112 Å². The van der Waals surface area contributed by atoms with Crippen molar-refractivity contribution < 1.29 is 53.6 Å². The van der Waals surface area contributed by atoms with Gasteiger partial charge in [-0.25, -0.2) is 8.42 Å². The van der Waals surface area contributed by atoms with Crippen LogP contribution in [0.2, 0.25) is 36.3 Å². The van der Waals surface area contributed by atoms with Crippen molar-refractivity contribution in [3.05, 3.63) is 54.1 Å². The minimum absolute atomic E-state index is 0.00837. The van der Waals surface area contributed by atoms with E-state index >= 15 is 0 Å². The highest BCUT2D eigenvalue weighted by Crippen LogP contribution is 2.43. The molecule has 0 amide bonds. The lowest BCUT2D eigenvalue weighted by molar-refractivity contribution is -0.0588. The average molecular weight is 988 g/mol. The summed E-state index contributed by atoms with van der Waals surface area (Å²) in [5.41, 5.74) is 2.89. The van der Waals surface area contributed by atoms with Crippen LogP contribution in [0.3, 0.4) is 0 Å². The lowest BCUT2D eigenvalue weighted by Gasteiger charge is -2.42. The van der Waals surface area contributed by atoms with Gasteiger partial charge in [-0.15, -0.1) is 0 Å². The molecule has 1 aromatic carbocycles. The summed E-state index contributed by atoms with van der Waals surface area (Å²) in [6, 6.07) is 6.98. The standard InChI is InChI=1S/C49H86O12S2Si2/c1-34-17-22-41(23-18-34)63(52,53)33-42-44(59-45(47(42)54-11)31-40(61-65(15,16)49(8,9)10)32-57-64(13,14)48(5,6)7)24-19-35(2)36(3)29-39(60-62(12,50)51)20-25-43-37(4)30-38(58-43)21-26-46-55-27-28-56-46/h17-18,22-23,36,38-40,42-47H,2,4,19-21,24-33H2,1,3,5-16H3/t36?,38-,39+,40?,42-,43-,44-,45+,47?/m0/s1. The summed E-state index contributed by atoms with van der Waals surface area (Å²) in [5.74, 6) is -0.723. The van der Waals surface area contributed by atoms with Gasteiger partial charge in [-0.2, -0.15) is 8.42 Å². The van der Waals surface area contributed by atoms with Gasteiger partial charge in [-0.3, -0.25) is 4.18 Å². The maximum absolute atomic E-state index is 14.2. The smallest absolute Gasteiger partial charge is 0.264 e. The Morgan fingerprint density at radius 2 is 1.48 bits per heavy atom. The van der Waals surface area contributed by atoms with Crippen LogP contribution < -0.4 is 0 Å². The third-order valence-electron chi connectivity index (χ3n) is 14.7. The molecule has 0 bridgehead atoms. The molecule has 3 aliphatic rings. The highest BCUT2D eigenvalue weighted by Gasteiger charge is 2.49. The van der Waals surface area contributed by atoms with E-state index in [9.17, 15) is 16.8 Å². The molecule has 16 heteroatoms. The van der Waals surface area contributed by atoms with Gasteiger partial charge >= 0.3 is 0 Å². The monoisotopic (exact) mass is 987 g/mol. The van der Waals surface area contributed by atoms with Crippen LogP contribution >= 0.6 is 0 Å². The normalized spacial score (nSPS) is 25.6. The molecule has 0 radical (unpaired) electrons. The minimum atomic E-state index is -3.75. The molecule has 12 nitrogen and oxygen atoms in total. The summed E-state index contributed by atoms with van der Waals surface area (Å²) >= 11 is 0. The van der Waals surface area contributed by atoms with Gasteiger partial charge in [0.15, 0.2) is 32.8 Å². The molecule has 9 atom stereocenters. The fourth-order valence-electron chi connectivity index (χ4n) is 8.57. The first-order valence-corrected chi connectivity index (χ1v) is 33.1. The van der Waals surface area contributed by atoms with E-state index in [0.717, 1.165) is 42.2 Å². The van der Waals surface area contributed by atoms with E-state index in [4.69, 9.17) is 36.7 Å². The predicted molar refractivity (Wildman–Crippen MR) is 264 cm³/mol. The topological polar surface area (TPSA) is 142 Å². The molecule has 0 N–H and O–H groups in total. The molecule has 3 aliphatic heterocycles. The Kier molecular flexibility index (Phi) is 20.0. The van der Waals surface area contributed by atoms with Crippen LogP contribution in [0.15, 0.2) is 53.5 Å². The van der Waals surface area contributed by atoms with E-state index in [2.05, 4.69) is 80.9 Å². The number of allylic oxidation sites excluding steroid dienone is 1. The molecule has 3 fully saturated rings. The second-order valence-corrected chi connectivity index (χ2v) is 35.4. The van der Waals surface area contributed by atoms with Gasteiger partial charge in [-0.1, -0.05) is 84.9 Å². The van der Waals surface area contributed by atoms with E-state index in [1.54, 1.807) is 19.2 Å². The van der Waals surface area contributed by atoms with Crippen molar-refractivity contribution in [2.45, 2.75) is 203 Å². The van der Waals surface area contributed by atoms with Crippen molar-refractivity contribution in [2.24, 2.45) is 11.8 Å². The van der Waals surface area contributed by atoms with E-state index in [1.165, 1.54) is 0 Å².